The maximum Gasteiger partial charge on any atom is 0.202 e. The van der Waals surface area contributed by atoms with Gasteiger partial charge in [0.25, 0.3) is 0 Å². The lowest BCUT2D eigenvalue weighted by Crippen LogP contribution is -2.52. The minimum Gasteiger partial charge on any atom is -0.507 e. The molecule has 5 rings (SSSR count). The summed E-state index contributed by atoms with van der Waals surface area (Å²) < 4.78 is 17.3. The molecule has 11 nitrogen and oxygen atoms in total. The first-order chi connectivity index (χ1) is 18.4. The van der Waals surface area contributed by atoms with Crippen LogP contribution in [-0.4, -0.2) is 81.0 Å². The van der Waals surface area contributed by atoms with Crippen molar-refractivity contribution < 1.29 is 49.3 Å². The first-order valence-corrected chi connectivity index (χ1v) is 12.9. The maximum atomic E-state index is 13.7. The van der Waals surface area contributed by atoms with Crippen molar-refractivity contribution >= 4 is 11.6 Å². The second-order valence-corrected chi connectivity index (χ2v) is 10.7. The van der Waals surface area contributed by atoms with E-state index in [1.54, 1.807) is 19.9 Å². The van der Waals surface area contributed by atoms with E-state index in [0.717, 1.165) is 0 Å². The number of aromatic hydroxyl groups is 2. The third-order valence-electron chi connectivity index (χ3n) is 8.36. The topological polar surface area (TPSA) is 189 Å². The van der Waals surface area contributed by atoms with Crippen LogP contribution in [0.4, 0.5) is 0 Å². The van der Waals surface area contributed by atoms with Gasteiger partial charge in [-0.1, -0.05) is 19.1 Å². The van der Waals surface area contributed by atoms with E-state index in [2.05, 4.69) is 0 Å². The molecule has 1 aliphatic heterocycles. The first kappa shape index (κ1) is 27.5. The Kier molecular flexibility index (Phi) is 6.94. The largest absolute Gasteiger partial charge is 0.507 e. The van der Waals surface area contributed by atoms with Crippen molar-refractivity contribution in [3.05, 3.63) is 51.6 Å². The van der Waals surface area contributed by atoms with Gasteiger partial charge in [-0.2, -0.15) is 0 Å². The zero-order chi connectivity index (χ0) is 28.4. The first-order valence-electron chi connectivity index (χ1n) is 12.9. The predicted molar refractivity (Wildman–Crippen MR) is 136 cm³/mol. The van der Waals surface area contributed by atoms with Gasteiger partial charge in [-0.15, -0.1) is 0 Å². The fraction of sp³-hybridized carbons (Fsp3) is 0.500. The summed E-state index contributed by atoms with van der Waals surface area (Å²) >= 11 is 0. The molecule has 11 heteroatoms. The standard InChI is InChI=1S/C28H33NO10/c1-11(10-30)28(36)8-14-20(17(9-28)39-18-7-15(29)23(31)12(2)38-18)27(35)22-21(25(14)33)24(32)13-5-4-6-16(37-3)19(13)26(22)34/h4-6,11-12,15,17-18,23,30-31,33,35-36H,7-10,29H2,1-3H3. The van der Waals surface area contributed by atoms with Crippen LogP contribution in [-0.2, 0) is 15.9 Å². The molecular weight excluding hydrogens is 510 g/mol. The molecule has 3 aliphatic rings. The molecule has 0 spiro atoms. The van der Waals surface area contributed by atoms with Gasteiger partial charge in [-0.25, -0.2) is 0 Å². The highest BCUT2D eigenvalue weighted by Gasteiger charge is 2.49. The Morgan fingerprint density at radius 3 is 2.49 bits per heavy atom. The van der Waals surface area contributed by atoms with Crippen LogP contribution in [0.25, 0.3) is 0 Å². The Morgan fingerprint density at radius 1 is 1.15 bits per heavy atom. The molecule has 2 aromatic carbocycles. The van der Waals surface area contributed by atoms with Crippen LogP contribution in [0.2, 0.25) is 0 Å². The second-order valence-electron chi connectivity index (χ2n) is 10.7. The lowest BCUT2D eigenvalue weighted by Gasteiger charge is -2.44. The van der Waals surface area contributed by atoms with E-state index in [9.17, 15) is 35.1 Å². The minimum atomic E-state index is -1.60. The number of fused-ring (bicyclic) bond motifs is 3. The minimum absolute atomic E-state index is 0.0150. The molecule has 2 aliphatic carbocycles. The molecule has 0 radical (unpaired) electrons. The van der Waals surface area contributed by atoms with Crippen molar-refractivity contribution in [2.75, 3.05) is 13.7 Å². The Hall–Kier alpha value is -3.06. The van der Waals surface area contributed by atoms with E-state index >= 15 is 0 Å². The van der Waals surface area contributed by atoms with Gasteiger partial charge in [-0.05, 0) is 13.0 Å². The van der Waals surface area contributed by atoms with Crippen molar-refractivity contribution in [3.8, 4) is 17.2 Å². The van der Waals surface area contributed by atoms with E-state index in [1.165, 1.54) is 19.2 Å². The summed E-state index contributed by atoms with van der Waals surface area (Å²) in [5, 5.41) is 54.6. The lowest BCUT2D eigenvalue weighted by atomic mass is 9.69. The third kappa shape index (κ3) is 4.21. The summed E-state index contributed by atoms with van der Waals surface area (Å²) in [6.07, 6.45) is -3.89. The highest BCUT2D eigenvalue weighted by Crippen LogP contribution is 2.53. The highest BCUT2D eigenvalue weighted by molar-refractivity contribution is 6.31. The van der Waals surface area contributed by atoms with Gasteiger partial charge in [0, 0.05) is 54.5 Å². The van der Waals surface area contributed by atoms with Crippen molar-refractivity contribution in [2.24, 2.45) is 11.7 Å². The van der Waals surface area contributed by atoms with Crippen LogP contribution >= 0.6 is 0 Å². The van der Waals surface area contributed by atoms with Gasteiger partial charge >= 0.3 is 0 Å². The number of aliphatic hydroxyl groups is 3. The maximum absolute atomic E-state index is 13.7. The molecular formula is C28H33NO10. The summed E-state index contributed by atoms with van der Waals surface area (Å²) in [5.74, 6) is -3.02. The van der Waals surface area contributed by atoms with E-state index in [-0.39, 0.29) is 65.0 Å². The van der Waals surface area contributed by atoms with Crippen molar-refractivity contribution in [1.82, 2.24) is 0 Å². The van der Waals surface area contributed by atoms with Crippen LogP contribution in [0.15, 0.2) is 18.2 Å². The van der Waals surface area contributed by atoms with Crippen molar-refractivity contribution in [1.29, 1.82) is 0 Å². The van der Waals surface area contributed by atoms with Crippen LogP contribution in [0.1, 0.15) is 75.8 Å². The Labute approximate surface area is 224 Å². The Balaban J connectivity index is 1.68. The summed E-state index contributed by atoms with van der Waals surface area (Å²) in [5.41, 5.74) is 3.76. The Bertz CT molecular complexity index is 1330. The van der Waals surface area contributed by atoms with Crippen LogP contribution in [0.3, 0.4) is 0 Å². The number of phenols is 2. The predicted octanol–water partition coefficient (Wildman–Crippen LogP) is 1.07. The van der Waals surface area contributed by atoms with Gasteiger partial charge in [-0.3, -0.25) is 9.59 Å². The quantitative estimate of drug-likeness (QED) is 0.253. The molecule has 210 valence electrons. The number of carbonyl (C=O) groups is 2. The SMILES string of the molecule is COc1cccc2c1C(=O)c1c(O)c3c(c(O)c1C2=O)CC(O)(C(C)CO)CC3OC1CC(N)C(O)C(C)O1. The van der Waals surface area contributed by atoms with Gasteiger partial charge in [0.2, 0.25) is 5.78 Å². The number of rotatable bonds is 5. The van der Waals surface area contributed by atoms with Crippen molar-refractivity contribution in [3.63, 3.8) is 0 Å². The molecule has 0 bridgehead atoms. The fourth-order valence-corrected chi connectivity index (χ4v) is 5.96. The number of ether oxygens (including phenoxy) is 3. The molecule has 1 heterocycles. The number of hydrogen-bond acceptors (Lipinski definition) is 11. The van der Waals surface area contributed by atoms with Gasteiger partial charge in [0.15, 0.2) is 12.1 Å². The molecule has 1 fully saturated rings. The monoisotopic (exact) mass is 543 g/mol. The molecule has 0 aromatic heterocycles. The van der Waals surface area contributed by atoms with Crippen LogP contribution < -0.4 is 10.5 Å². The molecule has 7 atom stereocenters. The number of ketones is 2. The highest BCUT2D eigenvalue weighted by atomic mass is 16.7. The Morgan fingerprint density at radius 2 is 1.85 bits per heavy atom. The van der Waals surface area contributed by atoms with E-state index in [1.807, 2.05) is 0 Å². The number of hydrogen-bond donors (Lipinski definition) is 6. The normalized spacial score (nSPS) is 30.8. The van der Waals surface area contributed by atoms with Gasteiger partial charge in [0.1, 0.15) is 17.2 Å². The zero-order valence-corrected chi connectivity index (χ0v) is 21.9. The number of phenolic OH excluding ortho intramolecular Hbond substituents is 2. The molecule has 2 aromatic rings. The number of carbonyl (C=O) groups excluding carboxylic acids is 2. The van der Waals surface area contributed by atoms with Crippen LogP contribution in [0, 0.1) is 5.92 Å². The summed E-state index contributed by atoms with van der Waals surface area (Å²) in [4.78, 5) is 27.3. The number of benzene rings is 2. The summed E-state index contributed by atoms with van der Waals surface area (Å²) in [6, 6.07) is 3.84. The molecule has 7 unspecified atom stereocenters. The number of methoxy groups -OCH3 is 1. The van der Waals surface area contributed by atoms with Crippen LogP contribution in [0.5, 0.6) is 17.2 Å². The smallest absolute Gasteiger partial charge is 0.202 e. The van der Waals surface area contributed by atoms with E-state index < -0.39 is 65.2 Å². The van der Waals surface area contributed by atoms with E-state index in [4.69, 9.17) is 19.9 Å². The fourth-order valence-electron chi connectivity index (χ4n) is 5.96. The average Bonchev–Trinajstić information content (AvgIpc) is 2.90. The summed E-state index contributed by atoms with van der Waals surface area (Å²) in [7, 11) is 1.35. The number of aliphatic hydroxyl groups excluding tert-OH is 2. The molecule has 0 saturated carbocycles. The molecule has 39 heavy (non-hydrogen) atoms. The van der Waals surface area contributed by atoms with Crippen molar-refractivity contribution in [2.45, 2.75) is 69.4 Å². The van der Waals surface area contributed by atoms with Gasteiger partial charge < -0.3 is 45.5 Å². The third-order valence-corrected chi connectivity index (χ3v) is 8.36. The molecule has 1 saturated heterocycles. The second kappa shape index (κ2) is 9.84. The van der Waals surface area contributed by atoms with E-state index in [0.29, 0.717) is 0 Å². The molecule has 0 amide bonds. The summed E-state index contributed by atoms with van der Waals surface area (Å²) in [6.45, 7) is 2.88. The lowest BCUT2D eigenvalue weighted by molar-refractivity contribution is -0.249. The average molecular weight is 544 g/mol. The van der Waals surface area contributed by atoms with Gasteiger partial charge in [0.05, 0.1) is 47.7 Å². The zero-order valence-electron chi connectivity index (χ0n) is 21.9. The molecule has 7 N–H and O–H groups in total. The number of nitrogens with two attached hydrogens (primary N) is 1.